The fraction of sp³-hybridized carbons (Fsp3) is 0.467. The van der Waals surface area contributed by atoms with Gasteiger partial charge >= 0.3 is 6.09 Å². The fourth-order valence-electron chi connectivity index (χ4n) is 2.25. The Bertz CT molecular complexity index is 472. The summed E-state index contributed by atoms with van der Waals surface area (Å²) >= 11 is 0. The molecule has 6 heteroatoms. The summed E-state index contributed by atoms with van der Waals surface area (Å²) in [6, 6.07) is 8.32. The molecule has 0 aliphatic carbocycles. The average molecular weight is 292 g/mol. The molecular formula is C15H20N2O4. The van der Waals surface area contributed by atoms with Gasteiger partial charge in [0.15, 0.2) is 0 Å². The molecule has 1 heterocycles. The highest BCUT2D eigenvalue weighted by molar-refractivity contribution is 5.86. The van der Waals surface area contributed by atoms with Crippen LogP contribution in [-0.2, 0) is 16.1 Å². The van der Waals surface area contributed by atoms with E-state index in [0.29, 0.717) is 13.1 Å². The maximum absolute atomic E-state index is 12.1. The molecule has 1 aliphatic heterocycles. The Labute approximate surface area is 123 Å². The molecule has 1 aromatic carbocycles. The minimum atomic E-state index is -0.939. The number of amides is 2. The molecule has 1 aromatic rings. The Morgan fingerprint density at radius 3 is 2.52 bits per heavy atom. The van der Waals surface area contributed by atoms with Crippen molar-refractivity contribution in [2.45, 2.75) is 25.5 Å². The van der Waals surface area contributed by atoms with E-state index in [2.05, 4.69) is 5.32 Å². The number of benzene rings is 1. The Balaban J connectivity index is 1.80. The topological polar surface area (TPSA) is 78.9 Å². The van der Waals surface area contributed by atoms with Gasteiger partial charge in [-0.25, -0.2) is 4.79 Å². The van der Waals surface area contributed by atoms with E-state index >= 15 is 0 Å². The highest BCUT2D eigenvalue weighted by Crippen LogP contribution is 2.09. The van der Waals surface area contributed by atoms with Crippen molar-refractivity contribution in [1.29, 1.82) is 0 Å². The van der Waals surface area contributed by atoms with Crippen molar-refractivity contribution in [3.8, 4) is 0 Å². The molecule has 0 spiro atoms. The molecular weight excluding hydrogens is 272 g/mol. The average Bonchev–Trinajstić information content (AvgIpc) is 3.05. The largest absolute Gasteiger partial charge is 0.445 e. The van der Waals surface area contributed by atoms with Crippen LogP contribution in [0.25, 0.3) is 0 Å². The number of nitrogens with one attached hydrogen (secondary N) is 1. The van der Waals surface area contributed by atoms with Crippen molar-refractivity contribution in [1.82, 2.24) is 10.2 Å². The summed E-state index contributed by atoms with van der Waals surface area (Å²) in [7, 11) is 0. The maximum Gasteiger partial charge on any atom is 0.408 e. The Kier molecular flexibility index (Phi) is 5.57. The van der Waals surface area contributed by atoms with Gasteiger partial charge in [-0.3, -0.25) is 4.79 Å². The van der Waals surface area contributed by atoms with Crippen LogP contribution < -0.4 is 5.32 Å². The number of likely N-dealkylation sites (tertiary alicyclic amines) is 1. The van der Waals surface area contributed by atoms with E-state index in [1.165, 1.54) is 0 Å². The number of carbonyl (C=O) groups excluding carboxylic acids is 2. The molecule has 0 saturated carbocycles. The zero-order valence-corrected chi connectivity index (χ0v) is 11.8. The van der Waals surface area contributed by atoms with Crippen LogP contribution in [0.4, 0.5) is 4.79 Å². The Hall–Kier alpha value is -2.08. The maximum atomic E-state index is 12.1. The van der Waals surface area contributed by atoms with E-state index in [9.17, 15) is 14.7 Å². The molecule has 1 fully saturated rings. The summed E-state index contributed by atoms with van der Waals surface area (Å²) in [6.45, 7) is 1.05. The van der Waals surface area contributed by atoms with E-state index in [1.54, 1.807) is 4.90 Å². The van der Waals surface area contributed by atoms with E-state index in [0.717, 1.165) is 18.4 Å². The first-order chi connectivity index (χ1) is 10.2. The van der Waals surface area contributed by atoms with Crippen LogP contribution in [0.1, 0.15) is 18.4 Å². The molecule has 6 nitrogen and oxygen atoms in total. The van der Waals surface area contributed by atoms with Crippen LogP contribution >= 0.6 is 0 Å². The van der Waals surface area contributed by atoms with Gasteiger partial charge in [0.1, 0.15) is 12.6 Å². The van der Waals surface area contributed by atoms with E-state index < -0.39 is 18.7 Å². The molecule has 1 saturated heterocycles. The molecule has 21 heavy (non-hydrogen) atoms. The van der Waals surface area contributed by atoms with Gasteiger partial charge in [0.25, 0.3) is 0 Å². The predicted molar refractivity (Wildman–Crippen MR) is 76.5 cm³/mol. The molecule has 2 N–H and O–H groups in total. The van der Waals surface area contributed by atoms with Gasteiger partial charge in [0, 0.05) is 13.1 Å². The lowest BCUT2D eigenvalue weighted by Gasteiger charge is -2.22. The predicted octanol–water partition coefficient (Wildman–Crippen LogP) is 0.896. The van der Waals surface area contributed by atoms with Gasteiger partial charge in [-0.2, -0.15) is 0 Å². The second-order valence-electron chi connectivity index (χ2n) is 4.97. The van der Waals surface area contributed by atoms with Crippen LogP contribution in [0.3, 0.4) is 0 Å². The van der Waals surface area contributed by atoms with E-state index in [-0.39, 0.29) is 12.5 Å². The van der Waals surface area contributed by atoms with Crippen molar-refractivity contribution in [3.63, 3.8) is 0 Å². The molecule has 0 bridgehead atoms. The summed E-state index contributed by atoms with van der Waals surface area (Å²) < 4.78 is 5.04. The second kappa shape index (κ2) is 7.64. The summed E-state index contributed by atoms with van der Waals surface area (Å²) in [4.78, 5) is 25.4. The number of alkyl carbamates (subject to hydrolysis) is 1. The molecule has 114 valence electrons. The minimum absolute atomic E-state index is 0.128. The first-order valence-electron chi connectivity index (χ1n) is 7.07. The zero-order valence-electron chi connectivity index (χ0n) is 11.8. The van der Waals surface area contributed by atoms with Crippen molar-refractivity contribution in [2.24, 2.45) is 0 Å². The van der Waals surface area contributed by atoms with Crippen LogP contribution in [0, 0.1) is 0 Å². The highest BCUT2D eigenvalue weighted by atomic mass is 16.5. The standard InChI is InChI=1S/C15H20N2O4/c18-10-13(14(19)17-8-4-5-9-17)16-15(20)21-11-12-6-2-1-3-7-12/h1-3,6-7,13,18H,4-5,8-11H2,(H,16,20)/t13-/m0/s1. The minimum Gasteiger partial charge on any atom is -0.445 e. The lowest BCUT2D eigenvalue weighted by Crippen LogP contribution is -2.49. The highest BCUT2D eigenvalue weighted by Gasteiger charge is 2.27. The number of carbonyl (C=O) groups is 2. The monoisotopic (exact) mass is 292 g/mol. The number of ether oxygens (including phenoxy) is 1. The number of nitrogens with zero attached hydrogens (tertiary/aromatic N) is 1. The summed E-state index contributed by atoms with van der Waals surface area (Å²) in [5, 5.41) is 11.7. The number of rotatable bonds is 5. The van der Waals surface area contributed by atoms with E-state index in [1.807, 2.05) is 30.3 Å². The number of hydrogen-bond acceptors (Lipinski definition) is 4. The van der Waals surface area contributed by atoms with E-state index in [4.69, 9.17) is 4.74 Å². The SMILES string of the molecule is O=C(N[C@@H](CO)C(=O)N1CCCC1)OCc1ccccc1. The van der Waals surface area contributed by atoms with Crippen LogP contribution in [0.15, 0.2) is 30.3 Å². The molecule has 2 amide bonds. The molecule has 1 aliphatic rings. The third kappa shape index (κ3) is 4.46. The lowest BCUT2D eigenvalue weighted by molar-refractivity contribution is -0.133. The smallest absolute Gasteiger partial charge is 0.408 e. The quantitative estimate of drug-likeness (QED) is 0.845. The Morgan fingerprint density at radius 2 is 1.90 bits per heavy atom. The van der Waals surface area contributed by atoms with Crippen LogP contribution in [-0.4, -0.2) is 47.7 Å². The van der Waals surface area contributed by atoms with Gasteiger partial charge < -0.3 is 20.1 Å². The third-order valence-corrected chi connectivity index (χ3v) is 3.40. The number of hydrogen-bond donors (Lipinski definition) is 2. The normalized spacial score (nSPS) is 15.6. The summed E-state index contributed by atoms with van der Waals surface area (Å²) in [5.74, 6) is -0.258. The van der Waals surface area contributed by atoms with Crippen molar-refractivity contribution in [2.75, 3.05) is 19.7 Å². The van der Waals surface area contributed by atoms with Crippen LogP contribution in [0.2, 0.25) is 0 Å². The van der Waals surface area contributed by atoms with Gasteiger partial charge in [-0.05, 0) is 18.4 Å². The summed E-state index contributed by atoms with van der Waals surface area (Å²) in [5.41, 5.74) is 0.860. The van der Waals surface area contributed by atoms with Crippen molar-refractivity contribution < 1.29 is 19.4 Å². The zero-order chi connectivity index (χ0) is 15.1. The van der Waals surface area contributed by atoms with Gasteiger partial charge in [0.2, 0.25) is 5.91 Å². The lowest BCUT2D eigenvalue weighted by atomic mass is 10.2. The summed E-state index contributed by atoms with van der Waals surface area (Å²) in [6.07, 6.45) is 1.22. The van der Waals surface area contributed by atoms with Crippen LogP contribution in [0.5, 0.6) is 0 Å². The number of aliphatic hydroxyl groups excluding tert-OH is 1. The second-order valence-corrected chi connectivity index (χ2v) is 4.97. The molecule has 0 radical (unpaired) electrons. The molecule has 0 aromatic heterocycles. The fourth-order valence-corrected chi connectivity index (χ4v) is 2.25. The molecule has 0 unspecified atom stereocenters. The number of aliphatic hydroxyl groups is 1. The first kappa shape index (κ1) is 15.3. The molecule has 2 rings (SSSR count). The third-order valence-electron chi connectivity index (χ3n) is 3.40. The first-order valence-corrected chi connectivity index (χ1v) is 7.07. The van der Waals surface area contributed by atoms with Crippen molar-refractivity contribution >= 4 is 12.0 Å². The van der Waals surface area contributed by atoms with Gasteiger partial charge in [0.05, 0.1) is 6.61 Å². The van der Waals surface area contributed by atoms with Crippen molar-refractivity contribution in [3.05, 3.63) is 35.9 Å². The molecule has 1 atom stereocenters. The Morgan fingerprint density at radius 1 is 1.24 bits per heavy atom. The van der Waals surface area contributed by atoms with Gasteiger partial charge in [-0.15, -0.1) is 0 Å². The van der Waals surface area contributed by atoms with Gasteiger partial charge in [-0.1, -0.05) is 30.3 Å².